The Bertz CT molecular complexity index is 1240. The summed E-state index contributed by atoms with van der Waals surface area (Å²) in [5.41, 5.74) is 6.96. The zero-order valence-corrected chi connectivity index (χ0v) is 21.3. The maximum absolute atomic E-state index is 13.8. The zero-order valence-electron chi connectivity index (χ0n) is 18.5. The van der Waals surface area contributed by atoms with Crippen molar-refractivity contribution in [3.63, 3.8) is 0 Å². The van der Waals surface area contributed by atoms with Gasteiger partial charge in [0.05, 0.1) is 16.7 Å². The Morgan fingerprint density at radius 2 is 1.97 bits per heavy atom. The number of allylic oxidation sites excluding steroid dienone is 3. The normalized spacial score (nSPS) is 12.6. The van der Waals surface area contributed by atoms with Crippen molar-refractivity contribution in [3.8, 4) is 11.3 Å². The summed E-state index contributed by atoms with van der Waals surface area (Å²) >= 11 is 1.59. The lowest BCUT2D eigenvalue weighted by molar-refractivity contribution is -0.105. The Kier molecular flexibility index (Phi) is 9.01. The average Bonchev–Trinajstić information content (AvgIpc) is 3.30. The Morgan fingerprint density at radius 3 is 2.62 bits per heavy atom. The number of hydrogen-bond acceptors (Lipinski definition) is 5. The maximum atomic E-state index is 13.8. The quantitative estimate of drug-likeness (QED) is 0.116. The number of halogens is 3. The highest BCUT2D eigenvalue weighted by Gasteiger charge is 2.21. The molecule has 1 unspecified atom stereocenters. The summed E-state index contributed by atoms with van der Waals surface area (Å²) in [4.78, 5) is 13.9. The molecule has 0 aliphatic rings. The van der Waals surface area contributed by atoms with Crippen LogP contribution in [-0.4, -0.2) is 24.5 Å². The smallest absolute Gasteiger partial charge is 0.300 e. The highest BCUT2D eigenvalue weighted by Crippen LogP contribution is 2.50. The van der Waals surface area contributed by atoms with Gasteiger partial charge in [0, 0.05) is 24.1 Å². The molecule has 3 aromatic rings. The number of thioether (sulfide) groups is 1. The molecule has 0 aliphatic heterocycles. The number of nitrogens with two attached hydrogens (primary N) is 1. The number of benzene rings is 2. The van der Waals surface area contributed by atoms with E-state index in [-0.39, 0.29) is 18.6 Å². The van der Waals surface area contributed by atoms with Crippen LogP contribution in [-0.2, 0) is 11.3 Å². The number of furan rings is 1. The molecule has 10 heteroatoms. The predicted molar refractivity (Wildman–Crippen MR) is 138 cm³/mol. The Balaban J connectivity index is 2.07. The van der Waals surface area contributed by atoms with Crippen molar-refractivity contribution in [2.75, 3.05) is 13.3 Å². The zero-order chi connectivity index (χ0) is 24.8. The van der Waals surface area contributed by atoms with E-state index >= 15 is 0 Å². The van der Waals surface area contributed by atoms with Crippen LogP contribution >= 0.6 is 29.5 Å². The molecule has 4 nitrogen and oxygen atoms in total. The molecule has 0 saturated heterocycles. The molecule has 0 amide bonds. The van der Waals surface area contributed by atoms with Crippen LogP contribution in [0.2, 0.25) is 0 Å². The minimum absolute atomic E-state index is 0.209. The summed E-state index contributed by atoms with van der Waals surface area (Å²) < 4.78 is 47.2. The van der Waals surface area contributed by atoms with E-state index in [1.54, 1.807) is 41.9 Å². The lowest BCUT2D eigenvalue weighted by atomic mass is 10.1. The first-order valence-corrected chi connectivity index (χ1v) is 12.9. The third-order valence-corrected chi connectivity index (χ3v) is 7.03. The van der Waals surface area contributed by atoms with Gasteiger partial charge in [0.25, 0.3) is 8.54 Å². The largest absolute Gasteiger partial charge is 0.455 e. The van der Waals surface area contributed by atoms with Crippen LogP contribution in [0.15, 0.2) is 81.0 Å². The summed E-state index contributed by atoms with van der Waals surface area (Å²) in [5, 5.41) is 0.0982. The molecule has 178 valence electrons. The number of aldehydes is 1. The Morgan fingerprint density at radius 1 is 1.21 bits per heavy atom. The fraction of sp³-hybridized carbons (Fsp3) is 0.125. The summed E-state index contributed by atoms with van der Waals surface area (Å²) in [6, 6.07) is 15.5. The molecular weight excluding hydrogens is 499 g/mol. The van der Waals surface area contributed by atoms with Gasteiger partial charge in [-0.2, -0.15) is 8.39 Å². The van der Waals surface area contributed by atoms with Gasteiger partial charge in [0.2, 0.25) is 0 Å². The summed E-state index contributed by atoms with van der Waals surface area (Å²) in [7, 11) is 0.518. The van der Waals surface area contributed by atoms with Crippen molar-refractivity contribution in [1.29, 1.82) is 0 Å². The molecule has 2 aromatic carbocycles. The molecule has 1 atom stereocenters. The Hall–Kier alpha value is -2.53. The third kappa shape index (κ3) is 6.32. The van der Waals surface area contributed by atoms with E-state index in [1.807, 2.05) is 30.5 Å². The SMILES string of the molecule is CSc1cccc(-c2ccc(/C(=C/C(=C(/N)C=O)P(F)F)N(C)Cc3ccc(F)cc3P)o2)c1. The molecule has 1 aromatic heterocycles. The summed E-state index contributed by atoms with van der Waals surface area (Å²) in [5.74, 6) is 0.516. The van der Waals surface area contributed by atoms with Gasteiger partial charge in [-0.05, 0) is 59.6 Å². The van der Waals surface area contributed by atoms with Crippen molar-refractivity contribution in [2.24, 2.45) is 5.73 Å². The van der Waals surface area contributed by atoms with E-state index in [0.717, 1.165) is 16.0 Å². The van der Waals surface area contributed by atoms with Crippen molar-refractivity contribution < 1.29 is 22.0 Å². The first-order valence-electron chi connectivity index (χ1n) is 10.0. The van der Waals surface area contributed by atoms with Crippen LogP contribution in [0.25, 0.3) is 17.0 Å². The van der Waals surface area contributed by atoms with Gasteiger partial charge in [-0.25, -0.2) is 4.39 Å². The highest BCUT2D eigenvalue weighted by atomic mass is 32.2. The number of carbonyl (C=O) groups is 1. The van der Waals surface area contributed by atoms with Crippen molar-refractivity contribution >= 4 is 46.8 Å². The molecule has 1 heterocycles. The summed E-state index contributed by atoms with van der Waals surface area (Å²) in [6.45, 7) is 0.272. The number of carbonyl (C=O) groups excluding carboxylic acids is 1. The fourth-order valence-electron chi connectivity index (χ4n) is 3.25. The molecule has 0 fully saturated rings. The van der Waals surface area contributed by atoms with E-state index in [0.29, 0.717) is 22.5 Å². The van der Waals surface area contributed by atoms with Crippen molar-refractivity contribution in [1.82, 2.24) is 4.90 Å². The van der Waals surface area contributed by atoms with Gasteiger partial charge in [0.15, 0.2) is 12.0 Å². The second-order valence-corrected chi connectivity index (χ2v) is 9.77. The van der Waals surface area contributed by atoms with E-state index in [9.17, 15) is 17.6 Å². The summed E-state index contributed by atoms with van der Waals surface area (Å²) in [6.07, 6.45) is 3.36. The second kappa shape index (κ2) is 11.7. The molecule has 0 bridgehead atoms. The lowest BCUT2D eigenvalue weighted by Gasteiger charge is -2.23. The first-order chi connectivity index (χ1) is 16.2. The van der Waals surface area contributed by atoms with Crippen LogP contribution in [0, 0.1) is 5.82 Å². The van der Waals surface area contributed by atoms with Gasteiger partial charge in [-0.15, -0.1) is 21.0 Å². The monoisotopic (exact) mass is 522 g/mol. The first kappa shape index (κ1) is 26.1. The van der Waals surface area contributed by atoms with Gasteiger partial charge < -0.3 is 15.1 Å². The number of hydrogen-bond donors (Lipinski definition) is 1. The van der Waals surface area contributed by atoms with Crippen LogP contribution in [0.3, 0.4) is 0 Å². The van der Waals surface area contributed by atoms with Gasteiger partial charge in [-0.1, -0.05) is 18.2 Å². The van der Waals surface area contributed by atoms with E-state index in [4.69, 9.17) is 10.2 Å². The van der Waals surface area contributed by atoms with E-state index < -0.39 is 19.6 Å². The minimum Gasteiger partial charge on any atom is -0.455 e. The van der Waals surface area contributed by atoms with Crippen LogP contribution in [0.5, 0.6) is 0 Å². The average molecular weight is 522 g/mol. The van der Waals surface area contributed by atoms with Crippen molar-refractivity contribution in [3.05, 3.63) is 88.8 Å². The molecule has 34 heavy (non-hydrogen) atoms. The minimum atomic E-state index is -3.65. The molecule has 3 rings (SSSR count). The predicted octanol–water partition coefficient (Wildman–Crippen LogP) is 6.40. The van der Waals surface area contributed by atoms with E-state index in [2.05, 4.69) is 9.24 Å². The number of nitrogens with zero attached hydrogens (tertiary/aromatic N) is 1. The van der Waals surface area contributed by atoms with Crippen LogP contribution < -0.4 is 11.0 Å². The fourth-order valence-corrected chi connectivity index (χ4v) is 4.52. The highest BCUT2D eigenvalue weighted by molar-refractivity contribution is 7.98. The molecule has 2 N–H and O–H groups in total. The second-order valence-electron chi connectivity index (χ2n) is 7.32. The molecule has 0 spiro atoms. The van der Waals surface area contributed by atoms with Gasteiger partial charge in [-0.3, -0.25) is 4.79 Å². The van der Waals surface area contributed by atoms with E-state index in [1.165, 1.54) is 18.2 Å². The number of rotatable bonds is 9. The van der Waals surface area contributed by atoms with Crippen molar-refractivity contribution in [2.45, 2.75) is 11.4 Å². The Labute approximate surface area is 204 Å². The molecule has 0 aliphatic carbocycles. The van der Waals surface area contributed by atoms with Crippen LogP contribution in [0.1, 0.15) is 11.3 Å². The van der Waals surface area contributed by atoms with Crippen LogP contribution in [0.4, 0.5) is 12.8 Å². The molecular formula is C24H23F3N2O2P2S. The standard InChI is InChI=1S/C24H23F3N2O2P2S/c1-29(13-16-6-7-17(25)11-23(16)32)20(12-24(33(26)27)19(28)14-30)22-9-8-21(31-22)15-4-3-5-18(10-15)34-2/h3-12,14H,13,28,32H2,1-2H3/b20-12-,24-19-. The molecule has 0 radical (unpaired) electrons. The lowest BCUT2D eigenvalue weighted by Crippen LogP contribution is -2.19. The van der Waals surface area contributed by atoms with Gasteiger partial charge >= 0.3 is 0 Å². The van der Waals surface area contributed by atoms with Gasteiger partial charge in [0.1, 0.15) is 11.6 Å². The maximum Gasteiger partial charge on any atom is 0.300 e. The third-order valence-electron chi connectivity index (χ3n) is 5.02. The molecule has 0 saturated carbocycles. The topological polar surface area (TPSA) is 59.5 Å².